The highest BCUT2D eigenvalue weighted by Gasteiger charge is 2.30. The van der Waals surface area contributed by atoms with Crippen molar-refractivity contribution in [2.45, 2.75) is 18.8 Å². The van der Waals surface area contributed by atoms with E-state index in [1.54, 1.807) is 12.0 Å². The van der Waals surface area contributed by atoms with Gasteiger partial charge in [0.25, 0.3) is 0 Å². The van der Waals surface area contributed by atoms with Crippen molar-refractivity contribution in [3.05, 3.63) is 29.8 Å². The minimum absolute atomic E-state index is 0.141. The average Bonchev–Trinajstić information content (AvgIpc) is 2.75. The molecule has 1 fully saturated rings. The minimum atomic E-state index is -0.767. The average molecular weight is 280 g/mol. The first-order valence-electron chi connectivity index (χ1n) is 6.57. The molecule has 0 aromatic heterocycles. The van der Waals surface area contributed by atoms with E-state index in [0.717, 1.165) is 11.3 Å². The highest BCUT2D eigenvalue weighted by molar-refractivity contribution is 5.78. The highest BCUT2D eigenvalue weighted by atomic mass is 16.5. The molecule has 0 radical (unpaired) electrons. The Morgan fingerprint density at radius 2 is 2.00 bits per heavy atom. The number of likely N-dealkylation sites (tertiary alicyclic amines) is 1. The van der Waals surface area contributed by atoms with Gasteiger partial charge in [0.15, 0.2) is 0 Å². The van der Waals surface area contributed by atoms with Crippen molar-refractivity contribution < 1.29 is 19.7 Å². The van der Waals surface area contributed by atoms with Crippen LogP contribution in [-0.2, 0) is 11.3 Å². The topological polar surface area (TPSA) is 82.0 Å². The maximum Gasteiger partial charge on any atom is 0.234 e. The van der Waals surface area contributed by atoms with Crippen LogP contribution in [0, 0.1) is 0 Å². The van der Waals surface area contributed by atoms with E-state index in [1.165, 1.54) is 0 Å². The molecule has 20 heavy (non-hydrogen) atoms. The summed E-state index contributed by atoms with van der Waals surface area (Å²) in [5.74, 6) is 0.594. The van der Waals surface area contributed by atoms with Gasteiger partial charge < -0.3 is 20.3 Å². The second kappa shape index (κ2) is 6.69. The van der Waals surface area contributed by atoms with E-state index in [4.69, 9.17) is 4.74 Å². The Balaban J connectivity index is 1.81. The monoisotopic (exact) mass is 280 g/mol. The van der Waals surface area contributed by atoms with Crippen LogP contribution in [0.2, 0.25) is 0 Å². The number of ether oxygens (including phenoxy) is 1. The van der Waals surface area contributed by atoms with Gasteiger partial charge in [0.1, 0.15) is 5.75 Å². The molecule has 1 aliphatic rings. The van der Waals surface area contributed by atoms with Gasteiger partial charge in [-0.2, -0.15) is 0 Å². The zero-order valence-electron chi connectivity index (χ0n) is 11.5. The molecule has 110 valence electrons. The van der Waals surface area contributed by atoms with Crippen molar-refractivity contribution in [2.75, 3.05) is 26.7 Å². The van der Waals surface area contributed by atoms with Crippen LogP contribution in [0.1, 0.15) is 5.56 Å². The van der Waals surface area contributed by atoms with Gasteiger partial charge in [-0.1, -0.05) is 18.2 Å². The molecule has 0 unspecified atom stereocenters. The third-order valence-electron chi connectivity index (χ3n) is 3.37. The van der Waals surface area contributed by atoms with Crippen molar-refractivity contribution in [3.63, 3.8) is 0 Å². The summed E-state index contributed by atoms with van der Waals surface area (Å²) in [6.45, 7) is 1.21. The number of carbonyl (C=O) groups is 1. The number of aliphatic hydroxyl groups excluding tert-OH is 2. The standard InChI is InChI=1S/C14H20N2O4/c1-20-13-5-3-2-4-10(13)6-15-14(19)9-16-7-11(17)12(18)8-16/h2-5,11-12,17-18H,6-9H2,1H3,(H,15,19)/t11-,12+. The maximum atomic E-state index is 11.8. The normalized spacial score (nSPS) is 22.8. The molecule has 0 aliphatic carbocycles. The third-order valence-corrected chi connectivity index (χ3v) is 3.37. The van der Waals surface area contributed by atoms with Crippen molar-refractivity contribution in [2.24, 2.45) is 0 Å². The van der Waals surface area contributed by atoms with Crippen LogP contribution in [-0.4, -0.2) is 60.0 Å². The van der Waals surface area contributed by atoms with Crippen LogP contribution in [0.15, 0.2) is 24.3 Å². The van der Waals surface area contributed by atoms with Crippen molar-refractivity contribution in [1.82, 2.24) is 10.2 Å². The minimum Gasteiger partial charge on any atom is -0.496 e. The van der Waals surface area contributed by atoms with Crippen LogP contribution in [0.5, 0.6) is 5.75 Å². The first kappa shape index (κ1) is 14.8. The van der Waals surface area contributed by atoms with Gasteiger partial charge >= 0.3 is 0 Å². The van der Waals surface area contributed by atoms with E-state index in [2.05, 4.69) is 5.32 Å². The maximum absolute atomic E-state index is 11.8. The molecule has 6 nitrogen and oxygen atoms in total. The van der Waals surface area contributed by atoms with E-state index in [1.807, 2.05) is 24.3 Å². The van der Waals surface area contributed by atoms with E-state index in [9.17, 15) is 15.0 Å². The number of benzene rings is 1. The van der Waals surface area contributed by atoms with E-state index in [-0.39, 0.29) is 12.5 Å². The molecule has 0 saturated carbocycles. The molecular formula is C14H20N2O4. The van der Waals surface area contributed by atoms with E-state index < -0.39 is 12.2 Å². The summed E-state index contributed by atoms with van der Waals surface area (Å²) in [5.41, 5.74) is 0.907. The van der Waals surface area contributed by atoms with Crippen LogP contribution in [0.25, 0.3) is 0 Å². The largest absolute Gasteiger partial charge is 0.496 e. The number of methoxy groups -OCH3 is 1. The van der Waals surface area contributed by atoms with Crippen LogP contribution >= 0.6 is 0 Å². The Kier molecular flexibility index (Phi) is 4.94. The predicted octanol–water partition coefficient (Wildman–Crippen LogP) is -0.651. The first-order chi connectivity index (χ1) is 9.60. The lowest BCUT2D eigenvalue weighted by Gasteiger charge is -2.15. The molecule has 1 amide bonds. The summed E-state index contributed by atoms with van der Waals surface area (Å²) in [5, 5.41) is 21.6. The Morgan fingerprint density at radius 3 is 2.65 bits per heavy atom. The number of carbonyl (C=O) groups excluding carboxylic acids is 1. The lowest BCUT2D eigenvalue weighted by Crippen LogP contribution is -2.36. The van der Waals surface area contributed by atoms with Gasteiger partial charge in [0.05, 0.1) is 25.9 Å². The molecule has 2 rings (SSSR count). The van der Waals surface area contributed by atoms with Crippen LogP contribution in [0.4, 0.5) is 0 Å². The van der Waals surface area contributed by atoms with E-state index in [0.29, 0.717) is 19.6 Å². The Hall–Kier alpha value is -1.63. The molecule has 1 aromatic carbocycles. The quantitative estimate of drug-likeness (QED) is 0.667. The number of amides is 1. The van der Waals surface area contributed by atoms with Gasteiger partial charge in [0.2, 0.25) is 5.91 Å². The number of nitrogens with one attached hydrogen (secondary N) is 1. The molecule has 0 spiro atoms. The number of aliphatic hydroxyl groups is 2. The Labute approximate surface area is 118 Å². The summed E-state index contributed by atoms with van der Waals surface area (Å²) in [6, 6.07) is 7.49. The SMILES string of the molecule is COc1ccccc1CNC(=O)CN1C[C@@H](O)[C@@H](O)C1. The summed E-state index contributed by atoms with van der Waals surface area (Å²) in [6.07, 6.45) is -1.53. The Morgan fingerprint density at radius 1 is 1.35 bits per heavy atom. The fourth-order valence-electron chi connectivity index (χ4n) is 2.28. The number of nitrogens with zero attached hydrogens (tertiary/aromatic N) is 1. The van der Waals surface area contributed by atoms with Gasteiger partial charge in [-0.15, -0.1) is 0 Å². The molecule has 3 N–H and O–H groups in total. The molecule has 2 atom stereocenters. The lowest BCUT2D eigenvalue weighted by atomic mass is 10.2. The number of rotatable bonds is 5. The van der Waals surface area contributed by atoms with Crippen LogP contribution in [0.3, 0.4) is 0 Å². The molecule has 6 heteroatoms. The number of para-hydroxylation sites is 1. The molecule has 1 saturated heterocycles. The summed E-state index contributed by atoms with van der Waals surface area (Å²) in [7, 11) is 1.59. The fraction of sp³-hybridized carbons (Fsp3) is 0.500. The molecular weight excluding hydrogens is 260 g/mol. The zero-order chi connectivity index (χ0) is 14.5. The van der Waals surface area contributed by atoms with Gasteiger partial charge in [-0.25, -0.2) is 0 Å². The molecule has 1 aliphatic heterocycles. The van der Waals surface area contributed by atoms with Crippen molar-refractivity contribution in [1.29, 1.82) is 0 Å². The van der Waals surface area contributed by atoms with Gasteiger partial charge in [-0.05, 0) is 6.07 Å². The first-order valence-corrected chi connectivity index (χ1v) is 6.57. The number of β-amino-alcohol motifs (C(OH)–C–C–N with tert-alkyl or cyclic N) is 2. The van der Waals surface area contributed by atoms with Gasteiger partial charge in [-0.3, -0.25) is 9.69 Å². The van der Waals surface area contributed by atoms with Crippen LogP contribution < -0.4 is 10.1 Å². The summed E-state index contributed by atoms with van der Waals surface area (Å²) < 4.78 is 5.21. The molecule has 1 heterocycles. The molecule has 0 bridgehead atoms. The van der Waals surface area contributed by atoms with Crippen molar-refractivity contribution >= 4 is 5.91 Å². The van der Waals surface area contributed by atoms with E-state index >= 15 is 0 Å². The number of hydrogen-bond acceptors (Lipinski definition) is 5. The third kappa shape index (κ3) is 3.69. The fourth-order valence-corrected chi connectivity index (χ4v) is 2.28. The smallest absolute Gasteiger partial charge is 0.234 e. The Bertz CT molecular complexity index is 456. The second-order valence-electron chi connectivity index (χ2n) is 4.92. The summed E-state index contributed by atoms with van der Waals surface area (Å²) in [4.78, 5) is 13.6. The predicted molar refractivity (Wildman–Crippen MR) is 73.3 cm³/mol. The zero-order valence-corrected chi connectivity index (χ0v) is 11.5. The van der Waals surface area contributed by atoms with Gasteiger partial charge in [0, 0.05) is 25.2 Å². The highest BCUT2D eigenvalue weighted by Crippen LogP contribution is 2.16. The molecule has 1 aromatic rings. The second-order valence-corrected chi connectivity index (χ2v) is 4.92. The van der Waals surface area contributed by atoms with Crippen molar-refractivity contribution in [3.8, 4) is 5.75 Å². The lowest BCUT2D eigenvalue weighted by molar-refractivity contribution is -0.122. The summed E-state index contributed by atoms with van der Waals surface area (Å²) >= 11 is 0. The number of hydrogen-bond donors (Lipinski definition) is 3.